The van der Waals surface area contributed by atoms with E-state index in [9.17, 15) is 4.79 Å². The second-order valence-electron chi connectivity index (χ2n) is 6.32. The van der Waals surface area contributed by atoms with Crippen LogP contribution in [0.25, 0.3) is 5.57 Å². The fourth-order valence-corrected chi connectivity index (χ4v) is 2.20. The number of aliphatic imine (C=N–C) groups is 1. The number of ether oxygens (including phenoxy) is 1. The molecule has 1 heterocycles. The normalized spacial score (nSPS) is 11.9. The molecule has 0 saturated heterocycles. The van der Waals surface area contributed by atoms with E-state index < -0.39 is 0 Å². The molecular weight excluding hydrogens is 340 g/mol. The molecule has 27 heavy (non-hydrogen) atoms. The first kappa shape index (κ1) is 20.3. The quantitative estimate of drug-likeness (QED) is 0.704. The van der Waals surface area contributed by atoms with E-state index in [0.29, 0.717) is 18.0 Å². The Morgan fingerprint density at radius 1 is 1.37 bits per heavy atom. The molecule has 0 aliphatic carbocycles. The van der Waals surface area contributed by atoms with Gasteiger partial charge in [0.2, 0.25) is 5.91 Å². The van der Waals surface area contributed by atoms with Crippen molar-refractivity contribution in [3.05, 3.63) is 47.8 Å². The molecular formula is C21H28N4O2. The molecule has 6 nitrogen and oxygen atoms in total. The van der Waals surface area contributed by atoms with E-state index in [1.54, 1.807) is 18.5 Å². The summed E-state index contributed by atoms with van der Waals surface area (Å²) in [6.07, 6.45) is 5.39. The minimum Gasteiger partial charge on any atom is -0.424 e. The predicted molar refractivity (Wildman–Crippen MR) is 112 cm³/mol. The number of nitrogens with one attached hydrogen (secondary N) is 1. The third-order valence-corrected chi connectivity index (χ3v) is 3.83. The Labute approximate surface area is 161 Å². The van der Waals surface area contributed by atoms with Crippen LogP contribution in [-0.2, 0) is 4.79 Å². The van der Waals surface area contributed by atoms with Crippen LogP contribution >= 0.6 is 0 Å². The van der Waals surface area contributed by atoms with Crippen molar-refractivity contribution in [1.29, 1.82) is 0 Å². The van der Waals surface area contributed by atoms with Crippen molar-refractivity contribution in [2.45, 2.75) is 34.6 Å². The highest BCUT2D eigenvalue weighted by Gasteiger charge is 2.11. The number of carbonyl (C=O) groups is 1. The number of nitrogens with zero attached hydrogens (tertiary/aromatic N) is 3. The predicted octanol–water partition coefficient (Wildman–Crippen LogP) is 4.91. The van der Waals surface area contributed by atoms with Crippen LogP contribution in [0.4, 0.5) is 5.69 Å². The van der Waals surface area contributed by atoms with E-state index in [1.165, 1.54) is 0 Å². The van der Waals surface area contributed by atoms with Crippen LogP contribution in [0.2, 0.25) is 0 Å². The van der Waals surface area contributed by atoms with Gasteiger partial charge in [-0.2, -0.15) is 4.98 Å². The molecule has 0 unspecified atom stereocenters. The van der Waals surface area contributed by atoms with Gasteiger partial charge in [0.1, 0.15) is 5.75 Å². The van der Waals surface area contributed by atoms with Crippen molar-refractivity contribution in [3.63, 3.8) is 0 Å². The van der Waals surface area contributed by atoms with E-state index >= 15 is 0 Å². The Bertz CT molecular complexity index is 863. The Morgan fingerprint density at radius 2 is 2.15 bits per heavy atom. The second kappa shape index (κ2) is 9.62. The van der Waals surface area contributed by atoms with Crippen molar-refractivity contribution in [2.24, 2.45) is 10.9 Å². The fraction of sp³-hybridized carbons (Fsp3) is 0.333. The number of benzene rings is 1. The van der Waals surface area contributed by atoms with E-state index in [2.05, 4.69) is 20.3 Å². The molecule has 0 aliphatic rings. The van der Waals surface area contributed by atoms with Crippen LogP contribution in [0.1, 0.15) is 40.4 Å². The maximum Gasteiger partial charge on any atom is 0.322 e. The molecule has 0 saturated carbocycles. The third-order valence-electron chi connectivity index (χ3n) is 3.83. The van der Waals surface area contributed by atoms with Crippen LogP contribution < -0.4 is 10.1 Å². The first-order chi connectivity index (χ1) is 12.9. The molecule has 0 aliphatic heterocycles. The minimum absolute atomic E-state index is 0. The molecule has 0 spiro atoms. The van der Waals surface area contributed by atoms with Gasteiger partial charge in [-0.1, -0.05) is 26.0 Å². The third kappa shape index (κ3) is 5.74. The second-order valence-corrected chi connectivity index (χ2v) is 6.32. The van der Waals surface area contributed by atoms with E-state index in [-0.39, 0.29) is 19.3 Å². The molecule has 2 rings (SSSR count). The summed E-state index contributed by atoms with van der Waals surface area (Å²) in [6, 6.07) is 7.57. The lowest BCUT2D eigenvalue weighted by Crippen LogP contribution is -2.17. The first-order valence-corrected chi connectivity index (χ1v) is 9.03. The summed E-state index contributed by atoms with van der Waals surface area (Å²) in [4.78, 5) is 24.8. The van der Waals surface area contributed by atoms with Gasteiger partial charge in [-0.25, -0.2) is 4.98 Å². The molecule has 1 amide bonds. The Kier molecular flexibility index (Phi) is 7.23. The molecule has 1 aromatic carbocycles. The number of aryl methyl sites for hydroxylation is 1. The van der Waals surface area contributed by atoms with Gasteiger partial charge in [0, 0.05) is 43.6 Å². The SMILES string of the molecule is C/C=C(\C=NCC)c1ccnc(Oc2cc(NC(=O)C(C)C)ccc2C)n1.[HH]. The van der Waals surface area contributed by atoms with Gasteiger partial charge in [-0.3, -0.25) is 9.79 Å². The number of carbonyl (C=O) groups excluding carboxylic acids is 1. The highest BCUT2D eigenvalue weighted by atomic mass is 16.5. The van der Waals surface area contributed by atoms with E-state index in [0.717, 1.165) is 16.8 Å². The van der Waals surface area contributed by atoms with E-state index in [1.807, 2.05) is 58.9 Å². The van der Waals surface area contributed by atoms with Crippen molar-refractivity contribution in [2.75, 3.05) is 11.9 Å². The van der Waals surface area contributed by atoms with Gasteiger partial charge in [0.05, 0.1) is 5.69 Å². The fourth-order valence-electron chi connectivity index (χ4n) is 2.20. The van der Waals surface area contributed by atoms with Gasteiger partial charge >= 0.3 is 6.01 Å². The molecule has 1 N–H and O–H groups in total. The standard InChI is InChI=1S/C21H26N4O2.H2/c1-6-16(13-22-7-2)18-10-11-23-21(25-18)27-19-12-17(9-8-15(19)5)24-20(26)14(3)4;/h6,8-14H,7H2,1-5H3,(H,24,26);1H/b16-6+,22-13?;. The highest BCUT2D eigenvalue weighted by Crippen LogP contribution is 2.27. The lowest BCUT2D eigenvalue weighted by Gasteiger charge is -2.12. The van der Waals surface area contributed by atoms with Crippen molar-refractivity contribution in [1.82, 2.24) is 9.97 Å². The number of anilines is 1. The zero-order valence-corrected chi connectivity index (χ0v) is 16.5. The molecule has 0 bridgehead atoms. The summed E-state index contributed by atoms with van der Waals surface area (Å²) in [6.45, 7) is 10.2. The van der Waals surface area contributed by atoms with Crippen LogP contribution in [0.3, 0.4) is 0 Å². The van der Waals surface area contributed by atoms with Gasteiger partial charge in [0.25, 0.3) is 0 Å². The summed E-state index contributed by atoms with van der Waals surface area (Å²) >= 11 is 0. The molecule has 0 fully saturated rings. The van der Waals surface area contributed by atoms with Gasteiger partial charge in [-0.05, 0) is 38.5 Å². The van der Waals surface area contributed by atoms with Crippen LogP contribution in [0.5, 0.6) is 11.8 Å². The molecule has 144 valence electrons. The maximum absolute atomic E-state index is 11.9. The highest BCUT2D eigenvalue weighted by molar-refractivity contribution is 6.08. The average molecular weight is 368 g/mol. The first-order valence-electron chi connectivity index (χ1n) is 9.03. The van der Waals surface area contributed by atoms with Crippen LogP contribution in [0, 0.1) is 12.8 Å². The summed E-state index contributed by atoms with van der Waals surface area (Å²) in [5.74, 6) is 0.452. The van der Waals surface area contributed by atoms with Crippen LogP contribution in [-0.4, -0.2) is 28.6 Å². The summed E-state index contributed by atoms with van der Waals surface area (Å²) in [5.41, 5.74) is 3.24. The Hall–Kier alpha value is -3.02. The smallest absolute Gasteiger partial charge is 0.322 e. The average Bonchev–Trinajstić information content (AvgIpc) is 2.65. The number of allylic oxidation sites excluding steroid dienone is 2. The molecule has 0 radical (unpaired) electrons. The van der Waals surface area contributed by atoms with Crippen molar-refractivity contribution >= 4 is 23.4 Å². The van der Waals surface area contributed by atoms with Gasteiger partial charge in [-0.15, -0.1) is 0 Å². The number of aromatic nitrogens is 2. The lowest BCUT2D eigenvalue weighted by molar-refractivity contribution is -0.118. The summed E-state index contributed by atoms with van der Waals surface area (Å²) in [5, 5.41) is 2.87. The largest absolute Gasteiger partial charge is 0.424 e. The van der Waals surface area contributed by atoms with E-state index in [4.69, 9.17) is 4.74 Å². The number of hydrogen-bond acceptors (Lipinski definition) is 5. The zero-order chi connectivity index (χ0) is 19.8. The number of amides is 1. The molecule has 6 heteroatoms. The molecule has 2 aromatic rings. The molecule has 0 atom stereocenters. The Morgan fingerprint density at radius 3 is 2.81 bits per heavy atom. The maximum atomic E-state index is 11.9. The van der Waals surface area contributed by atoms with Gasteiger partial charge in [0.15, 0.2) is 0 Å². The Balaban J connectivity index is 0.00000392. The van der Waals surface area contributed by atoms with Crippen molar-refractivity contribution in [3.8, 4) is 11.8 Å². The number of hydrogen-bond donors (Lipinski definition) is 1. The minimum atomic E-state index is -0.0975. The number of rotatable bonds is 7. The zero-order valence-electron chi connectivity index (χ0n) is 16.5. The lowest BCUT2D eigenvalue weighted by atomic mass is 10.1. The van der Waals surface area contributed by atoms with Gasteiger partial charge < -0.3 is 10.1 Å². The summed E-state index contributed by atoms with van der Waals surface area (Å²) in [7, 11) is 0. The summed E-state index contributed by atoms with van der Waals surface area (Å²) < 4.78 is 5.89. The van der Waals surface area contributed by atoms with Crippen LogP contribution in [0.15, 0.2) is 41.5 Å². The van der Waals surface area contributed by atoms with Crippen molar-refractivity contribution < 1.29 is 11.0 Å². The monoisotopic (exact) mass is 368 g/mol. The topological polar surface area (TPSA) is 76.5 Å². The molecule has 1 aromatic heterocycles.